The van der Waals surface area contributed by atoms with Crippen LogP contribution in [-0.2, 0) is 6.42 Å². The second kappa shape index (κ2) is 7.02. The molecule has 21 heavy (non-hydrogen) atoms. The van der Waals surface area contributed by atoms with E-state index < -0.39 is 0 Å². The summed E-state index contributed by atoms with van der Waals surface area (Å²) in [7, 11) is 0. The summed E-state index contributed by atoms with van der Waals surface area (Å²) in [5.74, 6) is 2.09. The topological polar surface area (TPSA) is 49.8 Å². The van der Waals surface area contributed by atoms with E-state index >= 15 is 0 Å². The molecule has 112 valence electrons. The Kier molecular flexibility index (Phi) is 5.09. The van der Waals surface area contributed by atoms with Crippen LogP contribution >= 0.6 is 0 Å². The minimum absolute atomic E-state index is 0.206. The Hall–Kier alpha value is -2.17. The fourth-order valence-electron chi connectivity index (χ4n) is 1.93. The highest BCUT2D eigenvalue weighted by molar-refractivity contribution is 5.60. The smallest absolute Gasteiger partial charge is 0.136 e. The molecule has 0 aliphatic heterocycles. The lowest BCUT2D eigenvalue weighted by molar-refractivity contribution is 0.619. The van der Waals surface area contributed by atoms with Crippen molar-refractivity contribution in [2.24, 2.45) is 0 Å². The number of aromatic nitrogens is 2. The van der Waals surface area contributed by atoms with Crippen LogP contribution in [0.25, 0.3) is 0 Å². The molecule has 0 amide bonds. The maximum absolute atomic E-state index is 13.3. The maximum atomic E-state index is 13.3. The van der Waals surface area contributed by atoms with Crippen LogP contribution in [0.5, 0.6) is 0 Å². The van der Waals surface area contributed by atoms with Gasteiger partial charge in [-0.1, -0.05) is 13.8 Å². The second-order valence-corrected chi connectivity index (χ2v) is 4.92. The van der Waals surface area contributed by atoms with Crippen LogP contribution in [0.2, 0.25) is 0 Å². The van der Waals surface area contributed by atoms with Crippen molar-refractivity contribution < 1.29 is 4.39 Å². The van der Waals surface area contributed by atoms with Gasteiger partial charge in [-0.15, -0.1) is 0 Å². The molecule has 0 aliphatic rings. The van der Waals surface area contributed by atoms with Gasteiger partial charge in [0.1, 0.15) is 23.3 Å². The highest BCUT2D eigenvalue weighted by atomic mass is 19.1. The maximum Gasteiger partial charge on any atom is 0.136 e. The van der Waals surface area contributed by atoms with Gasteiger partial charge in [0.05, 0.1) is 0 Å². The molecule has 5 heteroatoms. The Balaban J connectivity index is 2.23. The monoisotopic (exact) mass is 288 g/mol. The first-order valence-electron chi connectivity index (χ1n) is 7.27. The van der Waals surface area contributed by atoms with Crippen molar-refractivity contribution in [1.29, 1.82) is 0 Å². The van der Waals surface area contributed by atoms with Gasteiger partial charge in [-0.2, -0.15) is 0 Å². The predicted molar refractivity (Wildman–Crippen MR) is 84.6 cm³/mol. The molecule has 0 unspecified atom stereocenters. The average molecular weight is 288 g/mol. The van der Waals surface area contributed by atoms with E-state index in [1.165, 1.54) is 6.07 Å². The number of nitrogens with zero attached hydrogens (tertiary/aromatic N) is 2. The van der Waals surface area contributed by atoms with Crippen molar-refractivity contribution in [3.8, 4) is 0 Å². The zero-order valence-electron chi connectivity index (χ0n) is 12.7. The Bertz CT molecular complexity index is 613. The zero-order valence-corrected chi connectivity index (χ0v) is 12.7. The summed E-state index contributed by atoms with van der Waals surface area (Å²) in [6, 6.07) is 6.79. The largest absolute Gasteiger partial charge is 0.370 e. The molecule has 1 aromatic carbocycles. The number of nitrogens with one attached hydrogen (secondary N) is 2. The summed E-state index contributed by atoms with van der Waals surface area (Å²) < 4.78 is 13.3. The van der Waals surface area contributed by atoms with Crippen molar-refractivity contribution in [1.82, 2.24) is 9.97 Å². The summed E-state index contributed by atoms with van der Waals surface area (Å²) in [6.07, 6.45) is 1.80. The summed E-state index contributed by atoms with van der Waals surface area (Å²) in [5, 5.41) is 6.47. The molecule has 1 heterocycles. The van der Waals surface area contributed by atoms with E-state index in [-0.39, 0.29) is 5.82 Å². The van der Waals surface area contributed by atoms with Crippen molar-refractivity contribution in [2.45, 2.75) is 33.6 Å². The first-order chi connectivity index (χ1) is 10.1. The molecule has 1 aromatic heterocycles. The van der Waals surface area contributed by atoms with Gasteiger partial charge in [0, 0.05) is 24.7 Å². The van der Waals surface area contributed by atoms with Crippen LogP contribution in [0.1, 0.15) is 31.7 Å². The third-order valence-electron chi connectivity index (χ3n) is 3.08. The van der Waals surface area contributed by atoms with E-state index in [0.717, 1.165) is 36.7 Å². The van der Waals surface area contributed by atoms with Crippen LogP contribution in [0, 0.1) is 12.7 Å². The first-order valence-corrected chi connectivity index (χ1v) is 7.27. The molecule has 0 bridgehead atoms. The summed E-state index contributed by atoms with van der Waals surface area (Å²) in [5.41, 5.74) is 1.42. The van der Waals surface area contributed by atoms with E-state index in [1.807, 2.05) is 13.0 Å². The SMILES string of the molecule is CCCNc1cc(Nc2ccc(F)c(C)c2)nc(CC)n1. The van der Waals surface area contributed by atoms with Gasteiger partial charge >= 0.3 is 0 Å². The number of hydrogen-bond donors (Lipinski definition) is 2. The van der Waals surface area contributed by atoms with Gasteiger partial charge < -0.3 is 10.6 Å². The minimum Gasteiger partial charge on any atom is -0.370 e. The van der Waals surface area contributed by atoms with Crippen molar-refractivity contribution >= 4 is 17.3 Å². The normalized spacial score (nSPS) is 10.5. The Morgan fingerprint density at radius 3 is 2.52 bits per heavy atom. The Morgan fingerprint density at radius 2 is 1.86 bits per heavy atom. The fourth-order valence-corrected chi connectivity index (χ4v) is 1.93. The van der Waals surface area contributed by atoms with Gasteiger partial charge in [0.2, 0.25) is 0 Å². The molecule has 4 nitrogen and oxygen atoms in total. The van der Waals surface area contributed by atoms with E-state index in [0.29, 0.717) is 11.4 Å². The number of halogens is 1. The number of hydrogen-bond acceptors (Lipinski definition) is 4. The van der Waals surface area contributed by atoms with E-state index in [1.54, 1.807) is 19.1 Å². The molecule has 0 atom stereocenters. The molecular weight excluding hydrogens is 267 g/mol. The number of rotatable bonds is 6. The minimum atomic E-state index is -0.206. The summed E-state index contributed by atoms with van der Waals surface area (Å²) in [4.78, 5) is 8.89. The van der Waals surface area contributed by atoms with Crippen LogP contribution in [0.4, 0.5) is 21.7 Å². The molecule has 0 spiro atoms. The Labute approximate surface area is 124 Å². The standard InChI is InChI=1S/C16H21FN4/c1-4-8-18-15-10-16(21-14(5-2)20-15)19-12-6-7-13(17)11(3)9-12/h6-7,9-10H,4-5,8H2,1-3H3,(H2,18,19,20,21). The summed E-state index contributed by atoms with van der Waals surface area (Å²) in [6.45, 7) is 6.74. The molecular formula is C16H21FN4. The predicted octanol–water partition coefficient (Wildman–Crippen LogP) is 4.05. The van der Waals surface area contributed by atoms with Gasteiger partial charge in [-0.25, -0.2) is 14.4 Å². The molecule has 0 saturated carbocycles. The number of anilines is 3. The lowest BCUT2D eigenvalue weighted by Gasteiger charge is -2.11. The summed E-state index contributed by atoms with van der Waals surface area (Å²) >= 11 is 0. The third kappa shape index (κ3) is 4.15. The second-order valence-electron chi connectivity index (χ2n) is 4.92. The molecule has 2 N–H and O–H groups in total. The van der Waals surface area contributed by atoms with Gasteiger partial charge in [0.15, 0.2) is 0 Å². The zero-order chi connectivity index (χ0) is 15.2. The van der Waals surface area contributed by atoms with E-state index in [4.69, 9.17) is 0 Å². The molecule has 0 aliphatic carbocycles. The number of aryl methyl sites for hydroxylation is 2. The highest BCUT2D eigenvalue weighted by Crippen LogP contribution is 2.20. The molecule has 0 radical (unpaired) electrons. The third-order valence-corrected chi connectivity index (χ3v) is 3.08. The van der Waals surface area contributed by atoms with Gasteiger partial charge in [-0.05, 0) is 37.1 Å². The Morgan fingerprint density at radius 1 is 1.10 bits per heavy atom. The molecule has 0 fully saturated rings. The van der Waals surface area contributed by atoms with E-state index in [2.05, 4.69) is 27.5 Å². The lowest BCUT2D eigenvalue weighted by Crippen LogP contribution is -2.07. The average Bonchev–Trinajstić information content (AvgIpc) is 2.48. The van der Waals surface area contributed by atoms with Crippen LogP contribution in [-0.4, -0.2) is 16.5 Å². The van der Waals surface area contributed by atoms with Crippen LogP contribution in [0.3, 0.4) is 0 Å². The molecule has 0 saturated heterocycles. The fraction of sp³-hybridized carbons (Fsp3) is 0.375. The van der Waals surface area contributed by atoms with Crippen LogP contribution in [0.15, 0.2) is 24.3 Å². The van der Waals surface area contributed by atoms with Crippen molar-refractivity contribution in [3.63, 3.8) is 0 Å². The van der Waals surface area contributed by atoms with Crippen LogP contribution < -0.4 is 10.6 Å². The van der Waals surface area contributed by atoms with E-state index in [9.17, 15) is 4.39 Å². The van der Waals surface area contributed by atoms with Gasteiger partial charge in [0.25, 0.3) is 0 Å². The first kappa shape index (κ1) is 15.2. The highest BCUT2D eigenvalue weighted by Gasteiger charge is 2.05. The molecule has 2 aromatic rings. The quantitative estimate of drug-likeness (QED) is 0.842. The van der Waals surface area contributed by atoms with Crippen molar-refractivity contribution in [3.05, 3.63) is 41.5 Å². The van der Waals surface area contributed by atoms with Crippen molar-refractivity contribution in [2.75, 3.05) is 17.2 Å². The van der Waals surface area contributed by atoms with Gasteiger partial charge in [-0.3, -0.25) is 0 Å². The molecule has 2 rings (SSSR count). The number of benzene rings is 1. The lowest BCUT2D eigenvalue weighted by atomic mass is 10.2.